The summed E-state index contributed by atoms with van der Waals surface area (Å²) >= 11 is 0. The molecular formula is C32H44N4O7. The summed E-state index contributed by atoms with van der Waals surface area (Å²) in [4.78, 5) is 42.3. The first kappa shape index (κ1) is 32.4. The number of nitrogens with zero attached hydrogens (tertiary/aromatic N) is 2. The van der Waals surface area contributed by atoms with E-state index in [-0.39, 0.29) is 30.6 Å². The molecular weight excluding hydrogens is 552 g/mol. The number of esters is 2. The van der Waals surface area contributed by atoms with Crippen LogP contribution in [0.25, 0.3) is 22.4 Å². The highest BCUT2D eigenvalue weighted by Crippen LogP contribution is 2.33. The fourth-order valence-electron chi connectivity index (χ4n) is 4.87. The van der Waals surface area contributed by atoms with Crippen molar-refractivity contribution in [3.05, 3.63) is 52.6 Å². The summed E-state index contributed by atoms with van der Waals surface area (Å²) in [6.07, 6.45) is 3.82. The van der Waals surface area contributed by atoms with Crippen LogP contribution < -0.4 is 17.2 Å². The van der Waals surface area contributed by atoms with Gasteiger partial charge in [0.25, 0.3) is 0 Å². The smallest absolute Gasteiger partial charge is 0.353 e. The van der Waals surface area contributed by atoms with E-state index >= 15 is 0 Å². The molecule has 43 heavy (non-hydrogen) atoms. The van der Waals surface area contributed by atoms with Gasteiger partial charge in [-0.25, -0.2) is 4.79 Å². The molecule has 3 aromatic rings. The van der Waals surface area contributed by atoms with Gasteiger partial charge < -0.3 is 30.1 Å². The maximum Gasteiger partial charge on any atom is 0.353 e. The highest BCUT2D eigenvalue weighted by molar-refractivity contribution is 5.79. The van der Waals surface area contributed by atoms with Crippen LogP contribution >= 0.6 is 0 Å². The van der Waals surface area contributed by atoms with Gasteiger partial charge in [-0.3, -0.25) is 14.2 Å². The van der Waals surface area contributed by atoms with Crippen LogP contribution in [-0.2, 0) is 30.2 Å². The number of ether oxygens (including phenoxy) is 3. The minimum atomic E-state index is -0.841. The van der Waals surface area contributed by atoms with Gasteiger partial charge in [0, 0.05) is 18.2 Å². The van der Waals surface area contributed by atoms with E-state index in [1.54, 1.807) is 6.20 Å². The Balaban J connectivity index is 1.54. The highest BCUT2D eigenvalue weighted by atomic mass is 16.6. The second kappa shape index (κ2) is 14.3. The summed E-state index contributed by atoms with van der Waals surface area (Å²) in [5, 5.41) is 0.610. The summed E-state index contributed by atoms with van der Waals surface area (Å²) in [6.45, 7) is 9.23. The summed E-state index contributed by atoms with van der Waals surface area (Å²) in [5.74, 6) is -0.870. The Kier molecular flexibility index (Phi) is 10.8. The fourth-order valence-corrected chi connectivity index (χ4v) is 4.87. The zero-order valence-corrected chi connectivity index (χ0v) is 25.7. The summed E-state index contributed by atoms with van der Waals surface area (Å²) in [7, 11) is 0. The SMILES string of the molecule is CCCCCc1ccc(-c2cc3cn([C@H]4C[C@H](OC(=O)[C@@H](N)C(C)C)[C@@H](COC(=O)[C@@H](N)C(C)C)O4)c(=O)nc3o2)cc1. The molecule has 1 aromatic carbocycles. The van der Waals surface area contributed by atoms with E-state index in [2.05, 4.69) is 24.0 Å². The Morgan fingerprint density at radius 1 is 1.05 bits per heavy atom. The van der Waals surface area contributed by atoms with Crippen molar-refractivity contribution in [1.29, 1.82) is 0 Å². The van der Waals surface area contributed by atoms with Crippen LogP contribution in [0.4, 0.5) is 0 Å². The molecule has 2 aromatic heterocycles. The highest BCUT2D eigenvalue weighted by Gasteiger charge is 2.41. The zero-order valence-electron chi connectivity index (χ0n) is 25.7. The predicted molar refractivity (Wildman–Crippen MR) is 162 cm³/mol. The molecule has 0 unspecified atom stereocenters. The Bertz CT molecular complexity index is 1450. The van der Waals surface area contributed by atoms with Crippen molar-refractivity contribution in [2.24, 2.45) is 23.3 Å². The number of carbonyl (C=O) groups is 2. The predicted octanol–water partition coefficient (Wildman–Crippen LogP) is 4.10. The molecule has 4 N–H and O–H groups in total. The van der Waals surface area contributed by atoms with E-state index in [1.165, 1.54) is 23.0 Å². The molecule has 3 heterocycles. The molecule has 0 saturated carbocycles. The number of nitrogens with two attached hydrogens (primary N) is 2. The Hall–Kier alpha value is -3.54. The largest absolute Gasteiger partial charge is 0.462 e. The van der Waals surface area contributed by atoms with Gasteiger partial charge in [0.1, 0.15) is 42.9 Å². The second-order valence-electron chi connectivity index (χ2n) is 12.0. The molecule has 1 saturated heterocycles. The van der Waals surface area contributed by atoms with Crippen LogP contribution in [0.1, 0.15) is 72.1 Å². The van der Waals surface area contributed by atoms with Crippen LogP contribution in [-0.4, -0.2) is 52.4 Å². The third-order valence-corrected chi connectivity index (χ3v) is 7.87. The van der Waals surface area contributed by atoms with Crippen molar-refractivity contribution < 1.29 is 28.2 Å². The third-order valence-electron chi connectivity index (χ3n) is 7.87. The summed E-state index contributed by atoms with van der Waals surface area (Å²) in [5.41, 5.74) is 13.7. The topological polar surface area (TPSA) is 162 Å². The van der Waals surface area contributed by atoms with Crippen molar-refractivity contribution in [2.75, 3.05) is 6.61 Å². The number of hydrogen-bond donors (Lipinski definition) is 2. The number of rotatable bonds is 13. The van der Waals surface area contributed by atoms with Crippen LogP contribution in [0.2, 0.25) is 0 Å². The van der Waals surface area contributed by atoms with Gasteiger partial charge in [0.15, 0.2) is 0 Å². The average molecular weight is 597 g/mol. The lowest BCUT2D eigenvalue weighted by molar-refractivity contribution is -0.161. The number of unbranched alkanes of at least 4 members (excludes halogenated alkanes) is 2. The fraction of sp³-hybridized carbons (Fsp3) is 0.562. The molecule has 11 nitrogen and oxygen atoms in total. The van der Waals surface area contributed by atoms with Gasteiger partial charge in [-0.15, -0.1) is 0 Å². The molecule has 1 aliphatic heterocycles. The van der Waals surface area contributed by atoms with Gasteiger partial charge in [0.05, 0.1) is 5.39 Å². The maximum atomic E-state index is 13.1. The van der Waals surface area contributed by atoms with E-state index < -0.39 is 48.1 Å². The number of benzene rings is 1. The maximum absolute atomic E-state index is 13.1. The van der Waals surface area contributed by atoms with Crippen molar-refractivity contribution in [3.8, 4) is 11.3 Å². The van der Waals surface area contributed by atoms with Crippen LogP contribution in [0.3, 0.4) is 0 Å². The molecule has 0 spiro atoms. The van der Waals surface area contributed by atoms with E-state index in [0.29, 0.717) is 11.1 Å². The minimum absolute atomic E-state index is 0.123. The summed E-state index contributed by atoms with van der Waals surface area (Å²) in [6, 6.07) is 8.36. The van der Waals surface area contributed by atoms with Gasteiger partial charge in [-0.1, -0.05) is 71.7 Å². The third kappa shape index (κ3) is 7.90. The molecule has 0 aliphatic carbocycles. The molecule has 1 aliphatic rings. The van der Waals surface area contributed by atoms with E-state index in [9.17, 15) is 14.4 Å². The number of aromatic nitrogens is 2. The lowest BCUT2D eigenvalue weighted by Gasteiger charge is -2.22. The van der Waals surface area contributed by atoms with Gasteiger partial charge >= 0.3 is 17.6 Å². The van der Waals surface area contributed by atoms with Crippen molar-refractivity contribution in [1.82, 2.24) is 9.55 Å². The molecule has 0 amide bonds. The van der Waals surface area contributed by atoms with Crippen molar-refractivity contribution in [2.45, 2.75) is 97.2 Å². The molecule has 4 rings (SSSR count). The first-order chi connectivity index (χ1) is 20.5. The molecule has 1 fully saturated rings. The van der Waals surface area contributed by atoms with E-state index in [4.69, 9.17) is 30.1 Å². The number of aryl methyl sites for hydroxylation is 1. The molecule has 5 atom stereocenters. The Morgan fingerprint density at radius 3 is 2.37 bits per heavy atom. The molecule has 0 radical (unpaired) electrons. The van der Waals surface area contributed by atoms with Crippen LogP contribution in [0.15, 0.2) is 45.7 Å². The minimum Gasteiger partial charge on any atom is -0.462 e. The molecule has 11 heteroatoms. The first-order valence-corrected chi connectivity index (χ1v) is 15.1. The quantitative estimate of drug-likeness (QED) is 0.217. The van der Waals surface area contributed by atoms with Gasteiger partial charge in [-0.2, -0.15) is 4.98 Å². The summed E-state index contributed by atoms with van der Waals surface area (Å²) < 4.78 is 24.5. The lowest BCUT2D eigenvalue weighted by atomic mass is 10.0. The first-order valence-electron chi connectivity index (χ1n) is 15.1. The number of carbonyl (C=O) groups excluding carboxylic acids is 2. The van der Waals surface area contributed by atoms with E-state index in [0.717, 1.165) is 18.4 Å². The van der Waals surface area contributed by atoms with E-state index in [1.807, 2.05) is 45.9 Å². The van der Waals surface area contributed by atoms with Crippen LogP contribution in [0.5, 0.6) is 0 Å². The monoisotopic (exact) mass is 596 g/mol. The van der Waals surface area contributed by atoms with Crippen LogP contribution in [0, 0.1) is 11.8 Å². The average Bonchev–Trinajstić information content (AvgIpc) is 3.58. The Labute approximate surface area is 251 Å². The number of furan rings is 1. The van der Waals surface area contributed by atoms with Crippen molar-refractivity contribution >= 4 is 23.0 Å². The molecule has 234 valence electrons. The standard InChI is InChI=1S/C32H44N4O7/c1-6-7-8-9-20-10-12-21(13-11-20)23-14-22-16-36(32(39)35-29(22)42-23)26-15-24(43-31(38)28(34)19(4)5)25(41-26)17-40-30(37)27(33)18(2)3/h10-14,16,18-19,24-28H,6-9,15,17,33-34H2,1-5H3/t24-,25+,26+,27-,28-/m0/s1. The lowest BCUT2D eigenvalue weighted by Crippen LogP contribution is -2.42. The molecule has 0 bridgehead atoms. The van der Waals surface area contributed by atoms with Crippen molar-refractivity contribution in [3.63, 3.8) is 0 Å². The second-order valence-corrected chi connectivity index (χ2v) is 12.0. The Morgan fingerprint density at radius 2 is 1.72 bits per heavy atom. The van der Waals surface area contributed by atoms with Gasteiger partial charge in [0.2, 0.25) is 5.71 Å². The van der Waals surface area contributed by atoms with Gasteiger partial charge in [-0.05, 0) is 36.3 Å². The number of fused-ring (bicyclic) bond motifs is 1. The number of hydrogen-bond acceptors (Lipinski definition) is 10. The normalized spacial score (nSPS) is 20.1. The zero-order chi connectivity index (χ0) is 31.3.